The van der Waals surface area contributed by atoms with Crippen LogP contribution in [-0.4, -0.2) is 69.5 Å². The van der Waals surface area contributed by atoms with Crippen LogP contribution in [0.2, 0.25) is 0 Å². The summed E-state index contributed by atoms with van der Waals surface area (Å²) in [6, 6.07) is 6.78. The Kier molecular flexibility index (Phi) is 8.00. The number of guanidine groups is 1. The van der Waals surface area contributed by atoms with Crippen LogP contribution in [0.25, 0.3) is 0 Å². The van der Waals surface area contributed by atoms with E-state index in [1.165, 1.54) is 19.4 Å². The molecule has 0 aromatic heterocycles. The zero-order valence-electron chi connectivity index (χ0n) is 18.2. The van der Waals surface area contributed by atoms with Gasteiger partial charge < -0.3 is 24.8 Å². The van der Waals surface area contributed by atoms with Gasteiger partial charge in [-0.25, -0.2) is 0 Å². The van der Waals surface area contributed by atoms with Crippen LogP contribution in [0.3, 0.4) is 0 Å². The lowest BCUT2D eigenvalue weighted by Gasteiger charge is -2.35. The summed E-state index contributed by atoms with van der Waals surface area (Å²) in [7, 11) is 1.80. The molecule has 2 N–H and O–H groups in total. The quantitative estimate of drug-likeness (QED) is 0.513. The van der Waals surface area contributed by atoms with Crippen LogP contribution >= 0.6 is 0 Å². The van der Waals surface area contributed by atoms with E-state index < -0.39 is 0 Å². The van der Waals surface area contributed by atoms with Crippen molar-refractivity contribution in [3.63, 3.8) is 0 Å². The Balaban J connectivity index is 1.54. The fourth-order valence-corrected chi connectivity index (χ4v) is 4.04. The van der Waals surface area contributed by atoms with E-state index in [1.807, 2.05) is 26.0 Å². The molecule has 3 atom stereocenters. The van der Waals surface area contributed by atoms with Gasteiger partial charge in [-0.05, 0) is 57.9 Å². The van der Waals surface area contributed by atoms with Crippen molar-refractivity contribution in [2.45, 2.75) is 51.8 Å². The molecule has 1 aromatic carbocycles. The molecule has 3 unspecified atom stereocenters. The number of benzene rings is 1. The Morgan fingerprint density at radius 1 is 1.28 bits per heavy atom. The number of fused-ring (bicyclic) bond motifs is 1. The van der Waals surface area contributed by atoms with Gasteiger partial charge in [-0.1, -0.05) is 6.07 Å². The van der Waals surface area contributed by atoms with Gasteiger partial charge in [0.25, 0.3) is 0 Å². The van der Waals surface area contributed by atoms with Gasteiger partial charge in [0, 0.05) is 26.2 Å². The summed E-state index contributed by atoms with van der Waals surface area (Å²) in [6.07, 6.45) is 2.77. The minimum absolute atomic E-state index is 0.0753. The standard InChI is InChI=1S/C22H36N4O3/c1-5-27-20-10-9-17(12-21(20)28-6-2)16(3)25-22(23-4)24-13-19-14-26-11-7-8-18(26)15-29-19/h9-10,12,16,18-19H,5-8,11,13-15H2,1-4H3,(H2,23,24,25). The first-order valence-electron chi connectivity index (χ1n) is 10.9. The molecule has 1 aromatic rings. The van der Waals surface area contributed by atoms with Crippen molar-refractivity contribution in [2.75, 3.05) is 46.5 Å². The third kappa shape index (κ3) is 5.76. The van der Waals surface area contributed by atoms with Crippen molar-refractivity contribution in [1.82, 2.24) is 15.5 Å². The van der Waals surface area contributed by atoms with Crippen molar-refractivity contribution in [3.8, 4) is 11.5 Å². The Morgan fingerprint density at radius 2 is 2.07 bits per heavy atom. The Hall–Kier alpha value is -1.99. The maximum atomic E-state index is 6.04. The summed E-state index contributed by atoms with van der Waals surface area (Å²) in [5.74, 6) is 2.33. The number of nitrogens with one attached hydrogen (secondary N) is 2. The van der Waals surface area contributed by atoms with Crippen molar-refractivity contribution >= 4 is 5.96 Å². The highest BCUT2D eigenvalue weighted by molar-refractivity contribution is 5.80. The molecule has 0 bridgehead atoms. The van der Waals surface area contributed by atoms with E-state index in [2.05, 4.69) is 33.5 Å². The summed E-state index contributed by atoms with van der Waals surface area (Å²) in [4.78, 5) is 6.94. The predicted molar refractivity (Wildman–Crippen MR) is 116 cm³/mol. The van der Waals surface area contributed by atoms with E-state index in [-0.39, 0.29) is 12.1 Å². The number of nitrogens with zero attached hydrogens (tertiary/aromatic N) is 2. The third-order valence-electron chi connectivity index (χ3n) is 5.60. The molecule has 7 heteroatoms. The molecule has 3 rings (SSSR count). The smallest absolute Gasteiger partial charge is 0.191 e. The summed E-state index contributed by atoms with van der Waals surface area (Å²) >= 11 is 0. The highest BCUT2D eigenvalue weighted by atomic mass is 16.5. The zero-order valence-corrected chi connectivity index (χ0v) is 18.2. The Bertz CT molecular complexity index is 682. The minimum atomic E-state index is 0.0753. The number of morpholine rings is 1. The van der Waals surface area contributed by atoms with Gasteiger partial charge in [0.2, 0.25) is 0 Å². The zero-order chi connectivity index (χ0) is 20.6. The minimum Gasteiger partial charge on any atom is -0.490 e. The average molecular weight is 405 g/mol. The first-order chi connectivity index (χ1) is 14.1. The number of rotatable bonds is 8. The van der Waals surface area contributed by atoms with Crippen LogP contribution < -0.4 is 20.1 Å². The summed E-state index contributed by atoms with van der Waals surface area (Å²) in [5.41, 5.74) is 1.12. The van der Waals surface area contributed by atoms with E-state index in [0.29, 0.717) is 19.3 Å². The van der Waals surface area contributed by atoms with Crippen LogP contribution in [0.5, 0.6) is 11.5 Å². The molecule has 2 aliphatic heterocycles. The predicted octanol–water partition coefficient (Wildman–Crippen LogP) is 2.57. The van der Waals surface area contributed by atoms with E-state index in [1.54, 1.807) is 7.05 Å². The largest absolute Gasteiger partial charge is 0.490 e. The summed E-state index contributed by atoms with van der Waals surface area (Å²) in [6.45, 7) is 11.1. The Morgan fingerprint density at radius 3 is 2.83 bits per heavy atom. The number of aliphatic imine (C=N–C) groups is 1. The van der Waals surface area contributed by atoms with Crippen molar-refractivity contribution < 1.29 is 14.2 Å². The molecule has 0 aliphatic carbocycles. The topological polar surface area (TPSA) is 67.4 Å². The maximum Gasteiger partial charge on any atom is 0.191 e. The monoisotopic (exact) mass is 404 g/mol. The van der Waals surface area contributed by atoms with Crippen LogP contribution in [0.4, 0.5) is 0 Å². The van der Waals surface area contributed by atoms with E-state index >= 15 is 0 Å². The molecule has 0 amide bonds. The molecule has 29 heavy (non-hydrogen) atoms. The molecular formula is C22H36N4O3. The molecule has 0 spiro atoms. The number of ether oxygens (including phenoxy) is 3. The highest BCUT2D eigenvalue weighted by Gasteiger charge is 2.32. The van der Waals surface area contributed by atoms with Gasteiger partial charge in [-0.2, -0.15) is 0 Å². The van der Waals surface area contributed by atoms with Crippen molar-refractivity contribution in [2.24, 2.45) is 4.99 Å². The fraction of sp³-hybridized carbons (Fsp3) is 0.682. The second-order valence-corrected chi connectivity index (χ2v) is 7.64. The molecule has 2 aliphatic rings. The van der Waals surface area contributed by atoms with Gasteiger partial charge in [0.15, 0.2) is 17.5 Å². The van der Waals surface area contributed by atoms with Crippen LogP contribution in [0, 0.1) is 0 Å². The van der Waals surface area contributed by atoms with Gasteiger partial charge in [-0.3, -0.25) is 9.89 Å². The van der Waals surface area contributed by atoms with Crippen LogP contribution in [0.15, 0.2) is 23.2 Å². The van der Waals surface area contributed by atoms with Crippen molar-refractivity contribution in [1.29, 1.82) is 0 Å². The molecule has 2 fully saturated rings. The SMILES string of the molecule is CCOc1ccc(C(C)NC(=NC)NCC2CN3CCCC3CO2)cc1OCC. The van der Waals surface area contributed by atoms with E-state index in [4.69, 9.17) is 14.2 Å². The average Bonchev–Trinajstić information content (AvgIpc) is 3.20. The molecule has 0 radical (unpaired) electrons. The lowest BCUT2D eigenvalue weighted by molar-refractivity contribution is -0.0453. The highest BCUT2D eigenvalue weighted by Crippen LogP contribution is 2.30. The van der Waals surface area contributed by atoms with E-state index in [9.17, 15) is 0 Å². The summed E-state index contributed by atoms with van der Waals surface area (Å²) < 4.78 is 17.5. The molecule has 2 heterocycles. The number of hydrogen-bond acceptors (Lipinski definition) is 5. The lowest BCUT2D eigenvalue weighted by atomic mass is 10.1. The molecular weight excluding hydrogens is 368 g/mol. The first kappa shape index (κ1) is 21.7. The third-order valence-corrected chi connectivity index (χ3v) is 5.60. The van der Waals surface area contributed by atoms with Gasteiger partial charge in [-0.15, -0.1) is 0 Å². The molecule has 2 saturated heterocycles. The molecule has 0 saturated carbocycles. The maximum absolute atomic E-state index is 6.04. The normalized spacial score (nSPS) is 23.4. The first-order valence-corrected chi connectivity index (χ1v) is 10.9. The second-order valence-electron chi connectivity index (χ2n) is 7.64. The van der Waals surface area contributed by atoms with Crippen molar-refractivity contribution in [3.05, 3.63) is 23.8 Å². The lowest BCUT2D eigenvalue weighted by Crippen LogP contribution is -2.51. The van der Waals surface area contributed by atoms with E-state index in [0.717, 1.165) is 42.7 Å². The fourth-order valence-electron chi connectivity index (χ4n) is 4.04. The number of hydrogen-bond donors (Lipinski definition) is 2. The van der Waals surface area contributed by atoms with Crippen LogP contribution in [-0.2, 0) is 4.74 Å². The molecule has 7 nitrogen and oxygen atoms in total. The molecule has 162 valence electrons. The second kappa shape index (κ2) is 10.7. The van der Waals surface area contributed by atoms with Gasteiger partial charge >= 0.3 is 0 Å². The van der Waals surface area contributed by atoms with Crippen LogP contribution in [0.1, 0.15) is 45.2 Å². The Labute approximate surface area is 174 Å². The van der Waals surface area contributed by atoms with Gasteiger partial charge in [0.05, 0.1) is 32.0 Å². The summed E-state index contributed by atoms with van der Waals surface area (Å²) in [5, 5.41) is 6.89. The van der Waals surface area contributed by atoms with Gasteiger partial charge in [0.1, 0.15) is 0 Å².